The Morgan fingerprint density at radius 2 is 1.80 bits per heavy atom. The van der Waals surface area contributed by atoms with E-state index in [1.165, 1.54) is 7.05 Å². The molecule has 45 heavy (non-hydrogen) atoms. The maximum Gasteiger partial charge on any atom is 0.407 e. The second kappa shape index (κ2) is 15.1. The summed E-state index contributed by atoms with van der Waals surface area (Å²) >= 11 is 7.41. The quantitative estimate of drug-likeness (QED) is 0.292. The average molecular weight is 661 g/mol. The van der Waals surface area contributed by atoms with Crippen molar-refractivity contribution in [3.63, 3.8) is 0 Å². The molecule has 0 spiro atoms. The number of hydrogen-bond donors (Lipinski definition) is 1. The molecule has 8 nitrogen and oxygen atoms in total. The molecule has 0 bridgehead atoms. The highest BCUT2D eigenvalue weighted by Gasteiger charge is 2.31. The van der Waals surface area contributed by atoms with Crippen molar-refractivity contribution in [2.75, 3.05) is 27.2 Å². The Labute approximate surface area is 271 Å². The minimum atomic E-state index is -0.639. The molecule has 0 saturated heterocycles. The minimum Gasteiger partial charge on any atom is -0.496 e. The van der Waals surface area contributed by atoms with Crippen molar-refractivity contribution in [3.8, 4) is 5.75 Å². The molecule has 1 aliphatic carbocycles. The van der Waals surface area contributed by atoms with Crippen molar-refractivity contribution in [1.82, 2.24) is 10.2 Å². The summed E-state index contributed by atoms with van der Waals surface area (Å²) in [6.45, 7) is 7.05. The number of thiophene rings is 1. The number of rotatable bonds is 6. The van der Waals surface area contributed by atoms with E-state index in [4.69, 9.17) is 21.1 Å². The number of hydrogen-bond acceptors (Lipinski definition) is 7. The van der Waals surface area contributed by atoms with Crippen LogP contribution in [0.1, 0.15) is 73.7 Å². The Morgan fingerprint density at radius 3 is 2.38 bits per heavy atom. The molecule has 0 unspecified atom stereocenters. The molecule has 3 aromatic rings. The van der Waals surface area contributed by atoms with E-state index < -0.39 is 11.6 Å². The van der Waals surface area contributed by atoms with Gasteiger partial charge in [-0.05, 0) is 63.9 Å². The molecule has 12 heteroatoms. The van der Waals surface area contributed by atoms with E-state index in [1.54, 1.807) is 18.2 Å². The monoisotopic (exact) mass is 660 g/mol. The lowest BCUT2D eigenvalue weighted by Gasteiger charge is -2.34. The first-order valence-electron chi connectivity index (χ1n) is 14.9. The molecular formula is C33H39ClF2N4O4S. The number of carbonyl (C=O) groups excluding carboxylic acids is 2. The zero-order valence-electron chi connectivity index (χ0n) is 26.2. The number of amides is 2. The van der Waals surface area contributed by atoms with E-state index >= 15 is 0 Å². The summed E-state index contributed by atoms with van der Waals surface area (Å²) in [7, 11) is 3.13. The van der Waals surface area contributed by atoms with Gasteiger partial charge in [0.25, 0.3) is 5.91 Å². The number of aliphatic imine (C=N–C) groups is 2. The molecule has 0 atom stereocenters. The molecule has 2 heterocycles. The smallest absolute Gasteiger partial charge is 0.407 e. The summed E-state index contributed by atoms with van der Waals surface area (Å²) in [5.74, 6) is -0.901. The van der Waals surface area contributed by atoms with Crippen LogP contribution in [0.4, 0.5) is 13.6 Å². The molecular weight excluding hydrogens is 622 g/mol. The fraction of sp³-hybridized carbons (Fsp3) is 0.455. The highest BCUT2D eigenvalue weighted by atomic mass is 35.5. The molecule has 1 fully saturated rings. The zero-order chi connectivity index (χ0) is 32.7. The van der Waals surface area contributed by atoms with Crippen LogP contribution in [-0.2, 0) is 11.3 Å². The van der Waals surface area contributed by atoms with E-state index in [-0.39, 0.29) is 50.2 Å². The molecule has 1 aliphatic heterocycles. The molecule has 242 valence electrons. The van der Waals surface area contributed by atoms with Crippen molar-refractivity contribution in [2.24, 2.45) is 9.98 Å². The fourth-order valence-corrected chi connectivity index (χ4v) is 6.79. The minimum absolute atomic E-state index is 0.0100. The van der Waals surface area contributed by atoms with Gasteiger partial charge in [-0.2, -0.15) is 0 Å². The Hall–Kier alpha value is -3.57. The first-order chi connectivity index (χ1) is 21.4. The van der Waals surface area contributed by atoms with E-state index in [9.17, 15) is 18.4 Å². The van der Waals surface area contributed by atoms with Crippen LogP contribution in [0.25, 0.3) is 10.1 Å². The van der Waals surface area contributed by atoms with Gasteiger partial charge in [-0.25, -0.2) is 13.6 Å². The summed E-state index contributed by atoms with van der Waals surface area (Å²) < 4.78 is 39.5. The lowest BCUT2D eigenvalue weighted by atomic mass is 9.93. The maximum absolute atomic E-state index is 14.5. The van der Waals surface area contributed by atoms with Gasteiger partial charge in [0, 0.05) is 37.0 Å². The van der Waals surface area contributed by atoms with Gasteiger partial charge in [-0.3, -0.25) is 14.8 Å². The highest BCUT2D eigenvalue weighted by molar-refractivity contribution is 7.21. The Morgan fingerprint density at radius 1 is 1.09 bits per heavy atom. The number of methoxy groups -OCH3 is 1. The summed E-state index contributed by atoms with van der Waals surface area (Å²) in [5.41, 5.74) is 2.12. The first kappa shape index (κ1) is 34.3. The summed E-state index contributed by atoms with van der Waals surface area (Å²) in [4.78, 5) is 35.3. The highest BCUT2D eigenvalue weighted by Crippen LogP contribution is 2.40. The van der Waals surface area contributed by atoms with Gasteiger partial charge >= 0.3 is 6.09 Å². The Bertz CT molecular complexity index is 1600. The lowest BCUT2D eigenvalue weighted by molar-refractivity contribution is 0.0540. The predicted octanol–water partition coefficient (Wildman–Crippen LogP) is 7.83. The molecule has 0 radical (unpaired) electrons. The average Bonchev–Trinajstić information content (AvgIpc) is 3.39. The van der Waals surface area contributed by atoms with Crippen molar-refractivity contribution in [1.29, 1.82) is 0 Å². The lowest BCUT2D eigenvalue weighted by Crippen LogP contribution is -2.41. The van der Waals surface area contributed by atoms with Gasteiger partial charge in [0.15, 0.2) is 0 Å². The molecule has 2 aliphatic rings. The van der Waals surface area contributed by atoms with Gasteiger partial charge in [0.2, 0.25) is 0 Å². The maximum atomic E-state index is 14.5. The van der Waals surface area contributed by atoms with Gasteiger partial charge in [-0.1, -0.05) is 30.9 Å². The number of nitrogens with one attached hydrogen (secondary N) is 1. The molecule has 1 saturated carbocycles. The number of carbonyl (C=O) groups is 2. The zero-order valence-corrected chi connectivity index (χ0v) is 27.8. The standard InChI is InChI=1S/C27H26ClF2N3O2S.C6H13NO2/c1-35-22-10-7-16(21-14-31-11-12-32-21)13-17(22)15-33(18-5-3-2-4-6-18)27(34)26-24(28)23-19(29)8-9-20(30)25(23)36-26;1-6(2,3)9-5(8)7-4/h7-10,13-14,18H,2-6,11-12,15H2,1H3;1-4H3,(H,7,8). The third-order valence-electron chi connectivity index (χ3n) is 7.40. The van der Waals surface area contributed by atoms with Crippen LogP contribution in [0.2, 0.25) is 5.02 Å². The van der Waals surface area contributed by atoms with Crippen molar-refractivity contribution >= 4 is 57.0 Å². The van der Waals surface area contributed by atoms with Crippen LogP contribution >= 0.6 is 22.9 Å². The van der Waals surface area contributed by atoms with Crippen LogP contribution in [0.15, 0.2) is 40.3 Å². The van der Waals surface area contributed by atoms with Crippen LogP contribution in [0.3, 0.4) is 0 Å². The number of benzene rings is 2. The van der Waals surface area contributed by atoms with Crippen LogP contribution in [0.5, 0.6) is 5.75 Å². The van der Waals surface area contributed by atoms with E-state index in [0.717, 1.165) is 72.4 Å². The number of alkyl carbamates (subject to hydrolysis) is 1. The van der Waals surface area contributed by atoms with Crippen molar-refractivity contribution in [3.05, 3.63) is 63.0 Å². The molecule has 1 N–H and O–H groups in total. The van der Waals surface area contributed by atoms with Gasteiger partial charge < -0.3 is 19.7 Å². The normalized spacial score (nSPS) is 15.2. The van der Waals surface area contributed by atoms with Crippen LogP contribution in [0, 0.1) is 11.6 Å². The topological polar surface area (TPSA) is 92.6 Å². The fourth-order valence-electron chi connectivity index (χ4n) is 5.29. The summed E-state index contributed by atoms with van der Waals surface area (Å²) in [6.07, 6.45) is 6.25. The van der Waals surface area contributed by atoms with E-state index in [2.05, 4.69) is 15.3 Å². The molecule has 1 aromatic heterocycles. The molecule has 2 amide bonds. The number of nitrogens with zero attached hydrogens (tertiary/aromatic N) is 3. The molecule has 2 aromatic carbocycles. The number of fused-ring (bicyclic) bond motifs is 1. The van der Waals surface area contributed by atoms with Crippen LogP contribution in [-0.4, -0.2) is 67.7 Å². The third kappa shape index (κ3) is 8.58. The van der Waals surface area contributed by atoms with E-state index in [1.807, 2.05) is 39.0 Å². The van der Waals surface area contributed by atoms with E-state index in [0.29, 0.717) is 18.8 Å². The Balaban J connectivity index is 0.000000448. The second-order valence-electron chi connectivity index (χ2n) is 11.8. The first-order valence-corrected chi connectivity index (χ1v) is 16.1. The summed E-state index contributed by atoms with van der Waals surface area (Å²) in [6, 6.07) is 7.87. The van der Waals surface area contributed by atoms with Gasteiger partial charge in [0.1, 0.15) is 27.9 Å². The SMILES string of the molecule is CNC(=O)OC(C)(C)C.COc1ccc(C2=NCCN=C2)cc1CN(C(=O)c1sc2c(F)ccc(F)c2c1Cl)C1CCCCC1. The predicted molar refractivity (Wildman–Crippen MR) is 177 cm³/mol. The number of ether oxygens (including phenoxy) is 2. The third-order valence-corrected chi connectivity index (χ3v) is 9.07. The number of halogens is 3. The Kier molecular flexibility index (Phi) is 11.5. The van der Waals surface area contributed by atoms with Gasteiger partial charge in [0.05, 0.1) is 41.0 Å². The van der Waals surface area contributed by atoms with Crippen molar-refractivity contribution in [2.45, 2.75) is 71.1 Å². The second-order valence-corrected chi connectivity index (χ2v) is 13.2. The largest absolute Gasteiger partial charge is 0.496 e. The summed E-state index contributed by atoms with van der Waals surface area (Å²) in [5, 5.41) is 2.29. The van der Waals surface area contributed by atoms with Crippen molar-refractivity contribution < 1.29 is 27.8 Å². The van der Waals surface area contributed by atoms with Crippen LogP contribution < -0.4 is 10.1 Å². The molecule has 5 rings (SSSR count). The van der Waals surface area contributed by atoms with Gasteiger partial charge in [-0.15, -0.1) is 11.3 Å².